The van der Waals surface area contributed by atoms with Crippen LogP contribution in [-0.2, 0) is 14.3 Å². The van der Waals surface area contributed by atoms with Crippen LogP contribution in [0, 0.1) is 50.7 Å². The predicted molar refractivity (Wildman–Crippen MR) is 145 cm³/mol. The second kappa shape index (κ2) is 8.44. The van der Waals surface area contributed by atoms with Crippen LogP contribution in [0.3, 0.4) is 0 Å². The van der Waals surface area contributed by atoms with Crippen LogP contribution >= 0.6 is 0 Å². The largest absolute Gasteiger partial charge is 0.462 e. The van der Waals surface area contributed by atoms with E-state index in [-0.39, 0.29) is 22.9 Å². The van der Waals surface area contributed by atoms with Crippen molar-refractivity contribution in [2.45, 2.75) is 132 Å². The highest BCUT2D eigenvalue weighted by Gasteiger charge is 2.69. The van der Waals surface area contributed by atoms with E-state index in [1.165, 1.54) is 64.1 Å². The SMILES string of the molecule is CC(=O)O[C@H]1CC[C@]2(C)[C@H]3CC[C@@H]4C5=C(C(C)C)CC[C@]5(CC=O)CC[C@@]4(C)[C@]3(C)CC[C@H]2C1(C)C. The zero-order valence-corrected chi connectivity index (χ0v) is 24.5. The van der Waals surface area contributed by atoms with E-state index in [1.807, 2.05) is 0 Å². The van der Waals surface area contributed by atoms with Crippen molar-refractivity contribution in [3.05, 3.63) is 11.1 Å². The molecule has 0 saturated heterocycles. The van der Waals surface area contributed by atoms with Gasteiger partial charge >= 0.3 is 5.97 Å². The maximum atomic E-state index is 11.9. The van der Waals surface area contributed by atoms with Gasteiger partial charge in [-0.05, 0) is 110 Å². The predicted octanol–water partition coefficient (Wildman–Crippen LogP) is 8.31. The Balaban J connectivity index is 1.53. The van der Waals surface area contributed by atoms with Crippen molar-refractivity contribution in [2.24, 2.45) is 50.7 Å². The summed E-state index contributed by atoms with van der Waals surface area (Å²) in [6.45, 7) is 19.1. The molecular formula is C33H52O3. The average molecular weight is 497 g/mol. The topological polar surface area (TPSA) is 43.4 Å². The minimum Gasteiger partial charge on any atom is -0.462 e. The maximum absolute atomic E-state index is 11.9. The number of carbonyl (C=O) groups excluding carboxylic acids is 2. The van der Waals surface area contributed by atoms with E-state index in [9.17, 15) is 9.59 Å². The molecule has 5 aliphatic rings. The molecule has 0 aliphatic heterocycles. The summed E-state index contributed by atoms with van der Waals surface area (Å²) in [5.74, 6) is 2.41. The summed E-state index contributed by atoms with van der Waals surface area (Å²) in [6.07, 6.45) is 14.2. The summed E-state index contributed by atoms with van der Waals surface area (Å²) >= 11 is 0. The summed E-state index contributed by atoms with van der Waals surface area (Å²) in [5.41, 5.74) is 4.54. The van der Waals surface area contributed by atoms with Crippen molar-refractivity contribution in [1.29, 1.82) is 0 Å². The number of rotatable bonds is 4. The van der Waals surface area contributed by atoms with Gasteiger partial charge in [0.1, 0.15) is 12.4 Å². The zero-order chi connectivity index (χ0) is 26.3. The van der Waals surface area contributed by atoms with Crippen LogP contribution in [0.2, 0.25) is 0 Å². The van der Waals surface area contributed by atoms with Crippen molar-refractivity contribution in [3.63, 3.8) is 0 Å². The Labute approximate surface area is 220 Å². The summed E-state index contributed by atoms with van der Waals surface area (Å²) in [7, 11) is 0. The fourth-order valence-electron chi connectivity index (χ4n) is 11.7. The van der Waals surface area contributed by atoms with E-state index in [2.05, 4.69) is 48.5 Å². The van der Waals surface area contributed by atoms with E-state index in [0.29, 0.717) is 39.9 Å². The molecule has 0 aromatic rings. The molecule has 202 valence electrons. The first-order chi connectivity index (χ1) is 16.8. The van der Waals surface area contributed by atoms with Gasteiger partial charge in [0.15, 0.2) is 0 Å². The van der Waals surface area contributed by atoms with Crippen LogP contribution in [-0.4, -0.2) is 18.4 Å². The van der Waals surface area contributed by atoms with E-state index in [0.717, 1.165) is 12.8 Å². The zero-order valence-electron chi connectivity index (χ0n) is 24.5. The third kappa shape index (κ3) is 3.35. The molecular weight excluding hydrogens is 444 g/mol. The third-order valence-electron chi connectivity index (χ3n) is 13.5. The van der Waals surface area contributed by atoms with Crippen LogP contribution in [0.1, 0.15) is 126 Å². The smallest absolute Gasteiger partial charge is 0.302 e. The minimum absolute atomic E-state index is 0.0161. The lowest BCUT2D eigenvalue weighted by atomic mass is 9.33. The lowest BCUT2D eigenvalue weighted by Gasteiger charge is -2.72. The molecule has 4 fully saturated rings. The van der Waals surface area contributed by atoms with E-state index >= 15 is 0 Å². The number of aldehydes is 1. The number of esters is 1. The second-order valence-electron chi connectivity index (χ2n) is 15.3. The van der Waals surface area contributed by atoms with Gasteiger partial charge in [-0.3, -0.25) is 4.79 Å². The van der Waals surface area contributed by atoms with Gasteiger partial charge < -0.3 is 9.53 Å². The molecule has 0 amide bonds. The molecule has 3 nitrogen and oxygen atoms in total. The Morgan fingerprint density at radius 1 is 0.917 bits per heavy atom. The standard InChI is InChI=1S/C33H52O3/c1-21(2)23-11-16-33(19-20-34)18-17-31(7)24(28(23)33)9-10-26-30(6)14-13-27(36-22(3)35)29(4,5)25(30)12-15-32(26,31)8/h20-21,24-27H,9-19H2,1-8H3/t24-,25+,26-,27+,30+,31-,32-,33-/m1/s1. The number of hydrogen-bond donors (Lipinski definition) is 0. The first kappa shape index (κ1) is 26.5. The van der Waals surface area contributed by atoms with Crippen LogP contribution in [0.25, 0.3) is 0 Å². The molecule has 0 radical (unpaired) electrons. The summed E-state index contributed by atoms with van der Waals surface area (Å²) in [6, 6.07) is 0. The fourth-order valence-corrected chi connectivity index (χ4v) is 11.7. The maximum Gasteiger partial charge on any atom is 0.302 e. The highest BCUT2D eigenvalue weighted by Crippen LogP contribution is 2.77. The fraction of sp³-hybridized carbons (Fsp3) is 0.879. The Kier molecular flexibility index (Phi) is 6.21. The molecule has 4 saturated carbocycles. The average Bonchev–Trinajstić information content (AvgIpc) is 3.16. The van der Waals surface area contributed by atoms with Crippen LogP contribution < -0.4 is 0 Å². The molecule has 0 unspecified atom stereocenters. The molecule has 0 bridgehead atoms. The van der Waals surface area contributed by atoms with Crippen molar-refractivity contribution in [1.82, 2.24) is 0 Å². The van der Waals surface area contributed by atoms with Crippen molar-refractivity contribution in [3.8, 4) is 0 Å². The Morgan fingerprint density at radius 3 is 2.28 bits per heavy atom. The highest BCUT2D eigenvalue weighted by atomic mass is 16.5. The van der Waals surface area contributed by atoms with E-state index in [4.69, 9.17) is 4.74 Å². The Bertz CT molecular complexity index is 960. The first-order valence-corrected chi connectivity index (χ1v) is 15.1. The summed E-state index contributed by atoms with van der Waals surface area (Å²) in [4.78, 5) is 23.8. The Morgan fingerprint density at radius 2 is 1.64 bits per heavy atom. The lowest BCUT2D eigenvalue weighted by Crippen LogP contribution is -2.65. The van der Waals surface area contributed by atoms with Gasteiger partial charge in [-0.1, -0.05) is 59.6 Å². The Hall–Kier alpha value is -1.12. The molecule has 0 aromatic heterocycles. The van der Waals surface area contributed by atoms with Gasteiger partial charge in [0.05, 0.1) is 0 Å². The first-order valence-electron chi connectivity index (χ1n) is 15.1. The molecule has 5 rings (SSSR count). The van der Waals surface area contributed by atoms with Crippen molar-refractivity contribution in [2.75, 3.05) is 0 Å². The normalized spacial score (nSPS) is 47.5. The molecule has 0 aromatic carbocycles. The molecule has 3 heteroatoms. The third-order valence-corrected chi connectivity index (χ3v) is 13.5. The van der Waals surface area contributed by atoms with Crippen LogP contribution in [0.4, 0.5) is 0 Å². The number of hydrogen-bond acceptors (Lipinski definition) is 3. The van der Waals surface area contributed by atoms with Crippen LogP contribution in [0.15, 0.2) is 11.1 Å². The van der Waals surface area contributed by atoms with E-state index < -0.39 is 0 Å². The minimum atomic E-state index is -0.128. The molecule has 8 atom stereocenters. The number of ether oxygens (including phenoxy) is 1. The van der Waals surface area contributed by atoms with Gasteiger partial charge in [-0.25, -0.2) is 0 Å². The van der Waals surface area contributed by atoms with Gasteiger partial charge in [0.25, 0.3) is 0 Å². The van der Waals surface area contributed by atoms with Crippen molar-refractivity contribution < 1.29 is 14.3 Å². The molecule has 0 N–H and O–H groups in total. The van der Waals surface area contributed by atoms with Gasteiger partial charge in [0, 0.05) is 18.8 Å². The summed E-state index contributed by atoms with van der Waals surface area (Å²) in [5, 5.41) is 0. The van der Waals surface area contributed by atoms with Gasteiger partial charge in [-0.2, -0.15) is 0 Å². The summed E-state index contributed by atoms with van der Waals surface area (Å²) < 4.78 is 5.91. The van der Waals surface area contributed by atoms with Crippen LogP contribution in [0.5, 0.6) is 0 Å². The van der Waals surface area contributed by atoms with Gasteiger partial charge in [-0.15, -0.1) is 0 Å². The highest BCUT2D eigenvalue weighted by molar-refractivity contribution is 5.66. The number of carbonyl (C=O) groups is 2. The van der Waals surface area contributed by atoms with E-state index in [1.54, 1.807) is 18.1 Å². The number of allylic oxidation sites excluding steroid dienone is 2. The van der Waals surface area contributed by atoms with Crippen molar-refractivity contribution >= 4 is 12.3 Å². The quantitative estimate of drug-likeness (QED) is 0.223. The number of fused-ring (bicyclic) bond motifs is 7. The monoisotopic (exact) mass is 496 g/mol. The molecule has 0 heterocycles. The second-order valence-corrected chi connectivity index (χ2v) is 15.3. The molecule has 5 aliphatic carbocycles. The van der Waals surface area contributed by atoms with Gasteiger partial charge in [0.2, 0.25) is 0 Å². The molecule has 36 heavy (non-hydrogen) atoms. The lowest BCUT2D eigenvalue weighted by molar-refractivity contribution is -0.232. The molecule has 0 spiro atoms.